The molecule has 0 aromatic heterocycles. The highest BCUT2D eigenvalue weighted by molar-refractivity contribution is 5.43. The molecule has 64 valence electrons. The topological polar surface area (TPSA) is 20.2 Å². The molecular weight excluding hydrogens is 148 g/mol. The van der Waals surface area contributed by atoms with Crippen LogP contribution in [0.5, 0.6) is 5.75 Å². The molecule has 0 unspecified atom stereocenters. The van der Waals surface area contributed by atoms with E-state index in [0.717, 1.165) is 23.1 Å². The van der Waals surface area contributed by atoms with Gasteiger partial charge in [-0.3, -0.25) is 0 Å². The number of hydrogen-bond donors (Lipinski definition) is 1. The molecule has 1 N–H and O–H groups in total. The summed E-state index contributed by atoms with van der Waals surface area (Å²) < 4.78 is 0. The lowest BCUT2D eigenvalue weighted by Gasteiger charge is -2.08. The van der Waals surface area contributed by atoms with Crippen molar-refractivity contribution in [2.45, 2.75) is 26.7 Å². The van der Waals surface area contributed by atoms with Crippen LogP contribution in [0.2, 0.25) is 0 Å². The second kappa shape index (κ2) is 3.61. The van der Waals surface area contributed by atoms with Gasteiger partial charge in [0.2, 0.25) is 0 Å². The van der Waals surface area contributed by atoms with Crippen molar-refractivity contribution in [1.82, 2.24) is 0 Å². The van der Waals surface area contributed by atoms with Crippen LogP contribution in [-0.4, -0.2) is 5.11 Å². The fourth-order valence-electron chi connectivity index (χ4n) is 1.36. The molecule has 0 saturated heterocycles. The Labute approximate surface area is 74.1 Å². The molecule has 0 spiro atoms. The van der Waals surface area contributed by atoms with E-state index in [4.69, 9.17) is 6.92 Å². The fourth-order valence-corrected chi connectivity index (χ4v) is 1.36. The van der Waals surface area contributed by atoms with Crippen LogP contribution in [0.15, 0.2) is 12.1 Å². The fraction of sp³-hybridized carbons (Fsp3) is 0.364. The maximum atomic E-state index is 9.63. The van der Waals surface area contributed by atoms with E-state index in [1.54, 1.807) is 0 Å². The minimum Gasteiger partial charge on any atom is -0.507 e. The first-order valence-electron chi connectivity index (χ1n) is 4.20. The van der Waals surface area contributed by atoms with E-state index in [-0.39, 0.29) is 0 Å². The van der Waals surface area contributed by atoms with Gasteiger partial charge in [-0.2, -0.15) is 0 Å². The Kier molecular flexibility index (Phi) is 2.74. The van der Waals surface area contributed by atoms with Crippen molar-refractivity contribution in [3.63, 3.8) is 0 Å². The van der Waals surface area contributed by atoms with E-state index in [1.807, 2.05) is 26.0 Å². The van der Waals surface area contributed by atoms with Gasteiger partial charge in [0.25, 0.3) is 0 Å². The Morgan fingerprint density at radius 2 is 1.92 bits per heavy atom. The van der Waals surface area contributed by atoms with Crippen LogP contribution < -0.4 is 0 Å². The van der Waals surface area contributed by atoms with Crippen molar-refractivity contribution in [3.8, 4) is 5.75 Å². The molecule has 1 aromatic rings. The Balaban J connectivity index is 3.22. The molecule has 0 fully saturated rings. The van der Waals surface area contributed by atoms with Crippen LogP contribution in [-0.2, 0) is 12.8 Å². The lowest BCUT2D eigenvalue weighted by Crippen LogP contribution is -1.90. The van der Waals surface area contributed by atoms with Gasteiger partial charge in [-0.1, -0.05) is 24.6 Å². The molecule has 1 rings (SSSR count). The standard InChI is InChI=1S/C11H14O/c1-4-9-6-8(3)7-10(5-2)11(9)12/h1,6-7,12H,4-5H2,2-3H3. The molecular formula is C11H14O. The zero-order valence-electron chi connectivity index (χ0n) is 7.59. The maximum absolute atomic E-state index is 9.63. The number of benzene rings is 1. The molecule has 1 nitrogen and oxygen atoms in total. The second-order valence-electron chi connectivity index (χ2n) is 2.99. The van der Waals surface area contributed by atoms with Crippen molar-refractivity contribution in [2.24, 2.45) is 0 Å². The summed E-state index contributed by atoms with van der Waals surface area (Å²) in [6.45, 7) is 9.52. The zero-order valence-corrected chi connectivity index (χ0v) is 7.59. The summed E-state index contributed by atoms with van der Waals surface area (Å²) in [5, 5.41) is 9.63. The van der Waals surface area contributed by atoms with E-state index in [2.05, 4.69) is 0 Å². The summed E-state index contributed by atoms with van der Waals surface area (Å²) in [6, 6.07) is 3.92. The van der Waals surface area contributed by atoms with Gasteiger partial charge < -0.3 is 5.11 Å². The van der Waals surface area contributed by atoms with Crippen molar-refractivity contribution >= 4 is 0 Å². The predicted molar refractivity (Wildman–Crippen MR) is 50.2 cm³/mol. The summed E-state index contributed by atoms with van der Waals surface area (Å²) in [5.74, 6) is 0.366. The highest BCUT2D eigenvalue weighted by Crippen LogP contribution is 2.24. The van der Waals surface area contributed by atoms with E-state index in [1.165, 1.54) is 0 Å². The largest absolute Gasteiger partial charge is 0.507 e. The van der Waals surface area contributed by atoms with Crippen LogP contribution in [0.25, 0.3) is 0 Å². The number of rotatable bonds is 2. The minimum absolute atomic E-state index is 0.366. The van der Waals surface area contributed by atoms with Crippen LogP contribution in [0.3, 0.4) is 0 Å². The molecule has 0 saturated carbocycles. The Morgan fingerprint density at radius 1 is 1.33 bits per heavy atom. The summed E-state index contributed by atoms with van der Waals surface area (Å²) in [7, 11) is 0. The molecule has 0 heterocycles. The normalized spacial score (nSPS) is 10.2. The number of aryl methyl sites for hydroxylation is 2. The molecule has 1 heteroatoms. The van der Waals surface area contributed by atoms with E-state index < -0.39 is 0 Å². The van der Waals surface area contributed by atoms with Gasteiger partial charge in [0.1, 0.15) is 5.75 Å². The highest BCUT2D eigenvalue weighted by Gasteiger charge is 2.04. The third-order valence-electron chi connectivity index (χ3n) is 2.01. The molecule has 0 aliphatic carbocycles. The van der Waals surface area contributed by atoms with Crippen LogP contribution in [0.4, 0.5) is 0 Å². The first kappa shape index (κ1) is 9.11. The van der Waals surface area contributed by atoms with E-state index in [9.17, 15) is 5.11 Å². The quantitative estimate of drug-likeness (QED) is 0.708. The van der Waals surface area contributed by atoms with E-state index >= 15 is 0 Å². The van der Waals surface area contributed by atoms with Gasteiger partial charge in [0.05, 0.1) is 0 Å². The second-order valence-corrected chi connectivity index (χ2v) is 2.99. The molecule has 0 amide bonds. The predicted octanol–water partition coefficient (Wildman–Crippen LogP) is 2.52. The van der Waals surface area contributed by atoms with Crippen molar-refractivity contribution in [3.05, 3.63) is 35.7 Å². The first-order chi connectivity index (χ1) is 5.69. The molecule has 0 aliphatic rings. The summed E-state index contributed by atoms with van der Waals surface area (Å²) in [6.07, 6.45) is 1.25. The number of aromatic hydroxyl groups is 1. The monoisotopic (exact) mass is 162 g/mol. The lowest BCUT2D eigenvalue weighted by atomic mass is 10.0. The Bertz CT molecular complexity index is 251. The van der Waals surface area contributed by atoms with Crippen LogP contribution in [0.1, 0.15) is 23.6 Å². The molecule has 0 aliphatic heterocycles. The smallest absolute Gasteiger partial charge is 0.121 e. The molecule has 12 heavy (non-hydrogen) atoms. The van der Waals surface area contributed by atoms with Gasteiger partial charge in [0, 0.05) is 0 Å². The molecule has 0 atom stereocenters. The molecule has 0 bridgehead atoms. The van der Waals surface area contributed by atoms with Crippen molar-refractivity contribution in [1.29, 1.82) is 0 Å². The summed E-state index contributed by atoms with van der Waals surface area (Å²) in [5.41, 5.74) is 2.98. The number of phenolic OH excluding ortho intramolecular Hbond substituents is 1. The van der Waals surface area contributed by atoms with Gasteiger partial charge in [0.15, 0.2) is 0 Å². The number of hydrogen-bond acceptors (Lipinski definition) is 1. The SMILES string of the molecule is [CH]Cc1cc(C)cc(CC)c1O. The zero-order chi connectivity index (χ0) is 9.14. The van der Waals surface area contributed by atoms with Gasteiger partial charge in [-0.05, 0) is 37.8 Å². The molecule has 2 radical (unpaired) electrons. The lowest BCUT2D eigenvalue weighted by molar-refractivity contribution is 0.463. The third-order valence-corrected chi connectivity index (χ3v) is 2.01. The average Bonchev–Trinajstić information content (AvgIpc) is 2.08. The van der Waals surface area contributed by atoms with E-state index in [0.29, 0.717) is 12.2 Å². The number of phenols is 1. The Hall–Kier alpha value is -0.980. The maximum Gasteiger partial charge on any atom is 0.121 e. The first-order valence-corrected chi connectivity index (χ1v) is 4.20. The molecule has 1 aromatic carbocycles. The van der Waals surface area contributed by atoms with Crippen LogP contribution >= 0.6 is 0 Å². The highest BCUT2D eigenvalue weighted by atomic mass is 16.3. The van der Waals surface area contributed by atoms with Gasteiger partial charge >= 0.3 is 0 Å². The minimum atomic E-state index is 0.366. The van der Waals surface area contributed by atoms with Crippen molar-refractivity contribution in [2.75, 3.05) is 0 Å². The van der Waals surface area contributed by atoms with Gasteiger partial charge in [-0.15, -0.1) is 0 Å². The Morgan fingerprint density at radius 3 is 2.42 bits per heavy atom. The summed E-state index contributed by atoms with van der Waals surface area (Å²) in [4.78, 5) is 0. The summed E-state index contributed by atoms with van der Waals surface area (Å²) >= 11 is 0. The van der Waals surface area contributed by atoms with Crippen molar-refractivity contribution < 1.29 is 5.11 Å². The third kappa shape index (κ3) is 1.60. The average molecular weight is 162 g/mol. The van der Waals surface area contributed by atoms with Crippen LogP contribution in [0, 0.1) is 13.8 Å². The van der Waals surface area contributed by atoms with Gasteiger partial charge in [-0.25, -0.2) is 0 Å².